The monoisotopic (exact) mass is 376 g/mol. The van der Waals surface area contributed by atoms with E-state index in [2.05, 4.69) is 10.3 Å². The number of hydrogen-bond acceptors (Lipinski definition) is 6. The first-order chi connectivity index (χ1) is 13.7. The number of nitrogens with zero attached hydrogens (tertiary/aromatic N) is 3. The molecule has 6 heteroatoms. The molecular weight excluding hydrogens is 352 g/mol. The highest BCUT2D eigenvalue weighted by molar-refractivity contribution is 5.60. The van der Waals surface area contributed by atoms with E-state index in [1.807, 2.05) is 43.3 Å². The highest BCUT2D eigenvalue weighted by Crippen LogP contribution is 2.29. The van der Waals surface area contributed by atoms with E-state index in [1.54, 1.807) is 19.5 Å². The van der Waals surface area contributed by atoms with E-state index in [-0.39, 0.29) is 6.10 Å². The van der Waals surface area contributed by atoms with Gasteiger partial charge in [0.05, 0.1) is 13.7 Å². The molecule has 4 rings (SSSR count). The summed E-state index contributed by atoms with van der Waals surface area (Å²) in [6.07, 6.45) is 6.67. The van der Waals surface area contributed by atoms with Gasteiger partial charge in [-0.1, -0.05) is 0 Å². The lowest BCUT2D eigenvalue weighted by atomic mass is 10.2. The number of hydrogen-bond donors (Lipinski definition) is 1. The zero-order chi connectivity index (χ0) is 19.3. The van der Waals surface area contributed by atoms with E-state index in [9.17, 15) is 0 Å². The van der Waals surface area contributed by atoms with Crippen LogP contribution in [0, 0.1) is 0 Å². The van der Waals surface area contributed by atoms with Crippen LogP contribution in [0.5, 0.6) is 11.5 Å². The van der Waals surface area contributed by atoms with E-state index in [1.165, 1.54) is 5.56 Å². The first kappa shape index (κ1) is 18.2. The van der Waals surface area contributed by atoms with Gasteiger partial charge in [-0.15, -0.1) is 0 Å². The molecule has 1 atom stereocenters. The maximum absolute atomic E-state index is 6.00. The highest BCUT2D eigenvalue weighted by atomic mass is 16.5. The Morgan fingerprint density at radius 3 is 2.50 bits per heavy atom. The third-order valence-electron chi connectivity index (χ3n) is 4.83. The Balaban J connectivity index is 1.47. The number of anilines is 1. The molecule has 0 amide bonds. The van der Waals surface area contributed by atoms with Crippen molar-refractivity contribution in [3.05, 3.63) is 60.0 Å². The molecule has 1 aliphatic rings. The van der Waals surface area contributed by atoms with Crippen LogP contribution in [-0.2, 0) is 12.8 Å². The number of aromatic nitrogens is 3. The summed E-state index contributed by atoms with van der Waals surface area (Å²) in [4.78, 5) is 13.6. The summed E-state index contributed by atoms with van der Waals surface area (Å²) in [6.45, 7) is 2.70. The molecule has 3 aromatic rings. The molecular formula is C22H24N4O2. The Kier molecular flexibility index (Phi) is 5.37. The van der Waals surface area contributed by atoms with E-state index in [0.717, 1.165) is 53.7 Å². The normalized spacial score (nSPS) is 13.6. The zero-order valence-corrected chi connectivity index (χ0v) is 16.2. The van der Waals surface area contributed by atoms with Gasteiger partial charge in [0, 0.05) is 29.2 Å². The maximum atomic E-state index is 6.00. The fraction of sp³-hybridized carbons (Fsp3) is 0.318. The molecule has 0 aliphatic heterocycles. The van der Waals surface area contributed by atoms with E-state index in [4.69, 9.17) is 19.4 Å². The molecule has 1 N–H and O–H groups in total. The van der Waals surface area contributed by atoms with Crippen molar-refractivity contribution in [2.75, 3.05) is 19.0 Å². The minimum atomic E-state index is -0.00946. The molecule has 0 saturated carbocycles. The van der Waals surface area contributed by atoms with Crippen molar-refractivity contribution in [1.82, 2.24) is 15.0 Å². The molecule has 0 radical (unpaired) electrons. The Hall–Kier alpha value is -3.15. The van der Waals surface area contributed by atoms with Crippen LogP contribution in [-0.4, -0.2) is 34.7 Å². The summed E-state index contributed by atoms with van der Waals surface area (Å²) < 4.78 is 11.2. The average Bonchev–Trinajstić information content (AvgIpc) is 3.22. The van der Waals surface area contributed by atoms with Crippen molar-refractivity contribution >= 4 is 5.82 Å². The van der Waals surface area contributed by atoms with E-state index in [0.29, 0.717) is 6.54 Å². The number of rotatable bonds is 7. The molecule has 2 aromatic heterocycles. The average molecular weight is 376 g/mol. The van der Waals surface area contributed by atoms with Gasteiger partial charge >= 0.3 is 0 Å². The Bertz CT molecular complexity index is 929. The van der Waals surface area contributed by atoms with Crippen molar-refractivity contribution in [2.24, 2.45) is 0 Å². The van der Waals surface area contributed by atoms with Gasteiger partial charge in [-0.2, -0.15) is 0 Å². The van der Waals surface area contributed by atoms with Crippen LogP contribution in [0.4, 0.5) is 5.82 Å². The number of benzene rings is 1. The molecule has 1 aliphatic carbocycles. The van der Waals surface area contributed by atoms with Crippen LogP contribution in [0.3, 0.4) is 0 Å². The molecule has 28 heavy (non-hydrogen) atoms. The van der Waals surface area contributed by atoms with Crippen LogP contribution in [0.15, 0.2) is 48.8 Å². The summed E-state index contributed by atoms with van der Waals surface area (Å²) in [5.74, 6) is 3.30. The van der Waals surface area contributed by atoms with Gasteiger partial charge in [0.25, 0.3) is 0 Å². The van der Waals surface area contributed by atoms with Crippen molar-refractivity contribution in [3.63, 3.8) is 0 Å². The lowest BCUT2D eigenvalue weighted by Crippen LogP contribution is -2.24. The molecule has 1 unspecified atom stereocenters. The Morgan fingerprint density at radius 1 is 1.00 bits per heavy atom. The molecule has 2 heterocycles. The predicted octanol–water partition coefficient (Wildman–Crippen LogP) is 3.92. The Labute approximate surface area is 165 Å². The van der Waals surface area contributed by atoms with Crippen LogP contribution < -0.4 is 14.8 Å². The molecule has 6 nitrogen and oxygen atoms in total. The lowest BCUT2D eigenvalue weighted by molar-refractivity contribution is 0.234. The summed E-state index contributed by atoms with van der Waals surface area (Å²) >= 11 is 0. The van der Waals surface area contributed by atoms with Crippen molar-refractivity contribution in [2.45, 2.75) is 32.3 Å². The van der Waals surface area contributed by atoms with Crippen molar-refractivity contribution in [1.29, 1.82) is 0 Å². The van der Waals surface area contributed by atoms with Gasteiger partial charge in [-0.25, -0.2) is 9.97 Å². The third kappa shape index (κ3) is 4.06. The number of ether oxygens (including phenoxy) is 2. The minimum absolute atomic E-state index is 0.00946. The summed E-state index contributed by atoms with van der Waals surface area (Å²) in [5.41, 5.74) is 3.36. The molecule has 144 valence electrons. The fourth-order valence-corrected chi connectivity index (χ4v) is 3.38. The van der Waals surface area contributed by atoms with Crippen LogP contribution >= 0.6 is 0 Å². The van der Waals surface area contributed by atoms with Gasteiger partial charge in [0.2, 0.25) is 0 Å². The quantitative estimate of drug-likeness (QED) is 0.674. The Morgan fingerprint density at radius 2 is 1.75 bits per heavy atom. The second-order valence-corrected chi connectivity index (χ2v) is 6.90. The number of aryl methyl sites for hydroxylation is 1. The van der Waals surface area contributed by atoms with Crippen molar-refractivity contribution < 1.29 is 9.47 Å². The lowest BCUT2D eigenvalue weighted by Gasteiger charge is -2.18. The zero-order valence-electron chi connectivity index (χ0n) is 16.2. The first-order valence-electron chi connectivity index (χ1n) is 9.57. The van der Waals surface area contributed by atoms with Gasteiger partial charge in [-0.05, 0) is 62.6 Å². The standard InChI is InChI=1S/C22H24N4O2/c1-15(28-18-8-6-17(27-2)7-9-18)14-24-22-19-4-3-5-20(19)25-21(26-22)16-10-12-23-13-11-16/h6-13,15H,3-5,14H2,1-2H3,(H,24,25,26). The van der Waals surface area contributed by atoms with Gasteiger partial charge in [-0.3, -0.25) is 4.98 Å². The number of fused-ring (bicyclic) bond motifs is 1. The van der Waals surface area contributed by atoms with Gasteiger partial charge < -0.3 is 14.8 Å². The first-order valence-corrected chi connectivity index (χ1v) is 9.57. The summed E-state index contributed by atoms with van der Waals surface area (Å²) in [6, 6.07) is 11.5. The molecule has 0 saturated heterocycles. The second kappa shape index (κ2) is 8.25. The van der Waals surface area contributed by atoms with Crippen molar-refractivity contribution in [3.8, 4) is 22.9 Å². The number of nitrogens with one attached hydrogen (secondary N) is 1. The smallest absolute Gasteiger partial charge is 0.161 e. The second-order valence-electron chi connectivity index (χ2n) is 6.90. The SMILES string of the molecule is COc1ccc(OC(C)CNc2nc(-c3ccncc3)nc3c2CCC3)cc1. The third-order valence-corrected chi connectivity index (χ3v) is 4.83. The molecule has 0 spiro atoms. The van der Waals surface area contributed by atoms with Crippen LogP contribution in [0.1, 0.15) is 24.6 Å². The minimum Gasteiger partial charge on any atom is -0.497 e. The molecule has 1 aromatic carbocycles. The highest BCUT2D eigenvalue weighted by Gasteiger charge is 2.20. The molecule has 0 fully saturated rings. The number of pyridine rings is 1. The van der Waals surface area contributed by atoms with E-state index < -0.39 is 0 Å². The van der Waals surface area contributed by atoms with Crippen LogP contribution in [0.25, 0.3) is 11.4 Å². The van der Waals surface area contributed by atoms with Gasteiger partial charge in [0.1, 0.15) is 23.4 Å². The largest absolute Gasteiger partial charge is 0.497 e. The van der Waals surface area contributed by atoms with E-state index >= 15 is 0 Å². The van der Waals surface area contributed by atoms with Gasteiger partial charge in [0.15, 0.2) is 5.82 Å². The number of methoxy groups -OCH3 is 1. The summed E-state index contributed by atoms with van der Waals surface area (Å²) in [7, 11) is 1.66. The fourth-order valence-electron chi connectivity index (χ4n) is 3.38. The topological polar surface area (TPSA) is 69.2 Å². The summed E-state index contributed by atoms with van der Waals surface area (Å²) in [5, 5.41) is 3.48. The molecule has 0 bridgehead atoms. The maximum Gasteiger partial charge on any atom is 0.161 e. The van der Waals surface area contributed by atoms with Crippen LogP contribution in [0.2, 0.25) is 0 Å². The predicted molar refractivity (Wildman–Crippen MR) is 109 cm³/mol.